The van der Waals surface area contributed by atoms with Gasteiger partial charge >= 0.3 is 12.2 Å². The van der Waals surface area contributed by atoms with Crippen LogP contribution in [0.5, 0.6) is 0 Å². The number of cyclic esters (lactones) is 1. The van der Waals surface area contributed by atoms with E-state index in [9.17, 15) is 14.4 Å². The van der Waals surface area contributed by atoms with Crippen molar-refractivity contribution < 1.29 is 23.9 Å². The molecule has 0 atom stereocenters. The predicted molar refractivity (Wildman–Crippen MR) is 72.3 cm³/mol. The van der Waals surface area contributed by atoms with E-state index in [0.717, 1.165) is 10.5 Å². The first-order chi connectivity index (χ1) is 10.2. The van der Waals surface area contributed by atoms with Gasteiger partial charge in [-0.3, -0.25) is 4.79 Å². The molecule has 0 aliphatic carbocycles. The van der Waals surface area contributed by atoms with Gasteiger partial charge < -0.3 is 14.8 Å². The van der Waals surface area contributed by atoms with Gasteiger partial charge in [-0.25, -0.2) is 14.5 Å². The molecule has 1 aliphatic heterocycles. The van der Waals surface area contributed by atoms with E-state index < -0.39 is 18.1 Å². The molecular formula is C14H16N2O5. The van der Waals surface area contributed by atoms with E-state index in [-0.39, 0.29) is 13.2 Å². The topological polar surface area (TPSA) is 84.9 Å². The molecule has 1 fully saturated rings. The Morgan fingerprint density at radius 3 is 2.76 bits per heavy atom. The van der Waals surface area contributed by atoms with Crippen LogP contribution in [0.4, 0.5) is 9.59 Å². The first-order valence-corrected chi connectivity index (χ1v) is 6.58. The summed E-state index contributed by atoms with van der Waals surface area (Å²) in [5, 5.41) is 2.31. The summed E-state index contributed by atoms with van der Waals surface area (Å²) in [7, 11) is 0. The third kappa shape index (κ3) is 4.48. The zero-order valence-corrected chi connectivity index (χ0v) is 11.4. The van der Waals surface area contributed by atoms with Gasteiger partial charge in [-0.2, -0.15) is 0 Å². The molecule has 112 valence electrons. The van der Waals surface area contributed by atoms with Crippen molar-refractivity contribution in [1.82, 2.24) is 10.2 Å². The summed E-state index contributed by atoms with van der Waals surface area (Å²) in [5.41, 5.74) is 0.846. The van der Waals surface area contributed by atoms with Crippen molar-refractivity contribution in [3.8, 4) is 0 Å². The summed E-state index contributed by atoms with van der Waals surface area (Å²) in [6.07, 6.45) is -0.793. The van der Waals surface area contributed by atoms with E-state index in [1.165, 1.54) is 0 Å². The van der Waals surface area contributed by atoms with Crippen LogP contribution in [0.2, 0.25) is 0 Å². The molecule has 0 radical (unpaired) electrons. The maximum atomic E-state index is 11.7. The maximum absolute atomic E-state index is 11.7. The molecule has 7 nitrogen and oxygen atoms in total. The number of ether oxygens (including phenoxy) is 2. The van der Waals surface area contributed by atoms with Crippen molar-refractivity contribution in [2.24, 2.45) is 0 Å². The first-order valence-electron chi connectivity index (χ1n) is 6.58. The molecule has 21 heavy (non-hydrogen) atoms. The molecule has 7 heteroatoms. The number of benzene rings is 1. The lowest BCUT2D eigenvalue weighted by Crippen LogP contribution is -2.46. The number of hydrogen-bond donors (Lipinski definition) is 1. The highest BCUT2D eigenvalue weighted by atomic mass is 16.6. The van der Waals surface area contributed by atoms with Gasteiger partial charge in [0.2, 0.25) is 0 Å². The summed E-state index contributed by atoms with van der Waals surface area (Å²) >= 11 is 0. The molecule has 1 aromatic carbocycles. The zero-order valence-electron chi connectivity index (χ0n) is 11.4. The number of alkyl carbamates (subject to hydrolysis) is 1. The molecule has 0 spiro atoms. The number of carbonyl (C=O) groups is 3. The Labute approximate surface area is 121 Å². The second-order valence-electron chi connectivity index (χ2n) is 4.43. The minimum atomic E-state index is -0.711. The molecule has 3 amide bonds. The van der Waals surface area contributed by atoms with Gasteiger partial charge in [-0.1, -0.05) is 30.3 Å². The molecular weight excluding hydrogens is 276 g/mol. The molecule has 2 rings (SSSR count). The summed E-state index contributed by atoms with van der Waals surface area (Å²) in [6, 6.07) is 9.18. The minimum Gasteiger partial charge on any atom is -0.449 e. The fourth-order valence-corrected chi connectivity index (χ4v) is 1.80. The van der Waals surface area contributed by atoms with Crippen molar-refractivity contribution in [2.45, 2.75) is 13.0 Å². The van der Waals surface area contributed by atoms with Crippen LogP contribution in [0.3, 0.4) is 0 Å². The molecule has 1 saturated heterocycles. The highest BCUT2D eigenvalue weighted by Gasteiger charge is 2.26. The van der Waals surface area contributed by atoms with Crippen LogP contribution in [0.25, 0.3) is 0 Å². The molecule has 0 unspecified atom stereocenters. The molecule has 0 aromatic heterocycles. The second-order valence-corrected chi connectivity index (χ2v) is 4.43. The molecule has 1 aromatic rings. The molecule has 0 saturated carbocycles. The number of rotatable bonds is 4. The normalized spacial score (nSPS) is 14.3. The maximum Gasteiger partial charge on any atom is 0.416 e. The second kappa shape index (κ2) is 7.28. The quantitative estimate of drug-likeness (QED) is 0.903. The SMILES string of the molecule is O=C(NCC(=O)N1CCCOC1=O)OCc1ccccc1. The number of nitrogens with one attached hydrogen (secondary N) is 1. The van der Waals surface area contributed by atoms with Crippen LogP contribution >= 0.6 is 0 Å². The predicted octanol–water partition coefficient (Wildman–Crippen LogP) is 1.28. The summed E-state index contributed by atoms with van der Waals surface area (Å²) < 4.78 is 9.70. The first kappa shape index (κ1) is 14.8. The fourth-order valence-electron chi connectivity index (χ4n) is 1.80. The standard InChI is InChI=1S/C14H16N2O5/c17-12(16-7-4-8-20-14(16)19)9-15-13(18)21-10-11-5-2-1-3-6-11/h1-3,5-6H,4,7-10H2,(H,15,18). The fraction of sp³-hybridized carbons (Fsp3) is 0.357. The average Bonchev–Trinajstić information content (AvgIpc) is 2.52. The number of carbonyl (C=O) groups excluding carboxylic acids is 3. The highest BCUT2D eigenvalue weighted by Crippen LogP contribution is 2.04. The summed E-state index contributed by atoms with van der Waals surface area (Å²) in [5.74, 6) is -0.517. The van der Waals surface area contributed by atoms with E-state index in [0.29, 0.717) is 19.6 Å². The van der Waals surface area contributed by atoms with E-state index >= 15 is 0 Å². The highest BCUT2D eigenvalue weighted by molar-refractivity contribution is 5.94. The lowest BCUT2D eigenvalue weighted by molar-refractivity contribution is -0.129. The van der Waals surface area contributed by atoms with Crippen LogP contribution in [0, 0.1) is 0 Å². The van der Waals surface area contributed by atoms with Crippen molar-refractivity contribution in [3.63, 3.8) is 0 Å². The van der Waals surface area contributed by atoms with Crippen LogP contribution < -0.4 is 5.32 Å². The smallest absolute Gasteiger partial charge is 0.416 e. The third-order valence-corrected chi connectivity index (χ3v) is 2.87. The Balaban J connectivity index is 1.71. The Kier molecular flexibility index (Phi) is 5.14. The lowest BCUT2D eigenvalue weighted by atomic mass is 10.2. The Bertz CT molecular complexity index is 517. The number of amides is 3. The van der Waals surface area contributed by atoms with Gasteiger partial charge in [0.15, 0.2) is 0 Å². The van der Waals surface area contributed by atoms with Crippen molar-refractivity contribution >= 4 is 18.1 Å². The van der Waals surface area contributed by atoms with Gasteiger partial charge in [0.1, 0.15) is 13.2 Å². The Morgan fingerprint density at radius 2 is 2.05 bits per heavy atom. The molecule has 0 bridgehead atoms. The number of nitrogens with zero attached hydrogens (tertiary/aromatic N) is 1. The van der Waals surface area contributed by atoms with Gasteiger partial charge in [0.25, 0.3) is 5.91 Å². The van der Waals surface area contributed by atoms with E-state index in [4.69, 9.17) is 9.47 Å². The van der Waals surface area contributed by atoms with Gasteiger partial charge in [-0.05, 0) is 12.0 Å². The third-order valence-electron chi connectivity index (χ3n) is 2.87. The molecule has 1 aliphatic rings. The zero-order chi connectivity index (χ0) is 15.1. The van der Waals surface area contributed by atoms with E-state index in [2.05, 4.69) is 5.32 Å². The van der Waals surface area contributed by atoms with Crippen LogP contribution in [-0.4, -0.2) is 42.7 Å². The molecule has 1 heterocycles. The lowest BCUT2D eigenvalue weighted by Gasteiger charge is -2.24. The van der Waals surface area contributed by atoms with Crippen LogP contribution in [0.1, 0.15) is 12.0 Å². The van der Waals surface area contributed by atoms with Crippen molar-refractivity contribution in [2.75, 3.05) is 19.7 Å². The summed E-state index contributed by atoms with van der Waals surface area (Å²) in [4.78, 5) is 35.5. The van der Waals surface area contributed by atoms with E-state index in [1.54, 1.807) is 0 Å². The van der Waals surface area contributed by atoms with Crippen molar-refractivity contribution in [1.29, 1.82) is 0 Å². The van der Waals surface area contributed by atoms with Gasteiger partial charge in [0.05, 0.1) is 6.61 Å². The number of imide groups is 1. The van der Waals surface area contributed by atoms with Crippen LogP contribution in [-0.2, 0) is 20.9 Å². The molecule has 1 N–H and O–H groups in total. The monoisotopic (exact) mass is 292 g/mol. The number of hydrogen-bond acceptors (Lipinski definition) is 5. The largest absolute Gasteiger partial charge is 0.449 e. The summed E-state index contributed by atoms with van der Waals surface area (Å²) in [6.45, 7) is 0.433. The minimum absolute atomic E-state index is 0.118. The Morgan fingerprint density at radius 1 is 1.29 bits per heavy atom. The van der Waals surface area contributed by atoms with Gasteiger partial charge in [-0.15, -0.1) is 0 Å². The van der Waals surface area contributed by atoms with E-state index in [1.807, 2.05) is 30.3 Å². The average molecular weight is 292 g/mol. The van der Waals surface area contributed by atoms with Crippen molar-refractivity contribution in [3.05, 3.63) is 35.9 Å². The van der Waals surface area contributed by atoms with Crippen LogP contribution in [0.15, 0.2) is 30.3 Å². The van der Waals surface area contributed by atoms with Gasteiger partial charge in [0, 0.05) is 6.54 Å². The Hall–Kier alpha value is -2.57.